The molecule has 0 saturated carbocycles. The predicted octanol–water partition coefficient (Wildman–Crippen LogP) is 5.53. The summed E-state index contributed by atoms with van der Waals surface area (Å²) in [6.07, 6.45) is -3.63. The number of Topliss-reactive ketones (excluding diaryl/α,β-unsaturated/α-hetero) is 1. The van der Waals surface area contributed by atoms with Gasteiger partial charge in [-0.2, -0.15) is 13.2 Å². The molecule has 0 aliphatic heterocycles. The maximum atomic E-state index is 13.0. The molecule has 0 atom stereocenters. The van der Waals surface area contributed by atoms with Crippen molar-refractivity contribution in [3.8, 4) is 0 Å². The molecule has 0 radical (unpaired) electrons. The zero-order valence-corrected chi connectivity index (χ0v) is 14.7. The number of rotatable bonds is 3. The topological polar surface area (TPSA) is 38.5 Å². The monoisotopic (exact) mass is 399 g/mol. The zero-order chi connectivity index (χ0) is 19.2. The fourth-order valence-corrected chi connectivity index (χ4v) is 3.34. The van der Waals surface area contributed by atoms with E-state index in [0.717, 1.165) is 0 Å². The lowest BCUT2D eigenvalue weighted by molar-refractivity contribution is -0.0884. The first-order valence-corrected chi connectivity index (χ1v) is 8.09. The number of nitrogens with zero attached hydrogens (tertiary/aromatic N) is 1. The van der Waals surface area contributed by atoms with Crippen LogP contribution in [-0.2, 0) is 0 Å². The Morgan fingerprint density at radius 3 is 2.38 bits per heavy atom. The highest BCUT2D eigenvalue weighted by atomic mass is 35.5. The fourth-order valence-electron chi connectivity index (χ4n) is 2.84. The minimum absolute atomic E-state index is 0.000705. The molecular weight excluding hydrogens is 390 g/mol. The smallest absolute Gasteiger partial charge is 0.313 e. The van der Waals surface area contributed by atoms with E-state index in [1.54, 1.807) is 6.07 Å². The lowest BCUT2D eigenvalue weighted by Gasteiger charge is -2.06. The third kappa shape index (κ3) is 2.99. The molecule has 0 fully saturated rings. The van der Waals surface area contributed by atoms with Crippen molar-refractivity contribution >= 4 is 40.3 Å². The molecule has 3 aromatic rings. The minimum Gasteiger partial charge on any atom is -0.313 e. The molecule has 0 aliphatic carbocycles. The molecule has 0 N–H and O–H groups in total. The van der Waals surface area contributed by atoms with Gasteiger partial charge in [-0.15, -0.1) is 0 Å². The second-order valence-corrected chi connectivity index (χ2v) is 6.43. The van der Waals surface area contributed by atoms with Crippen molar-refractivity contribution in [3.63, 3.8) is 0 Å². The Bertz CT molecular complexity index is 1050. The minimum atomic E-state index is -5.05. The van der Waals surface area contributed by atoms with Crippen molar-refractivity contribution in [2.75, 3.05) is 0 Å². The SMILES string of the molecule is Cc1c(C(=O)C(F)(F)F)c2ccccn2c1C(=O)c1ccc(Cl)cc1Cl. The highest BCUT2D eigenvalue weighted by Gasteiger charge is 2.42. The number of carbonyl (C=O) groups excluding carboxylic acids is 2. The van der Waals surface area contributed by atoms with Crippen LogP contribution >= 0.6 is 23.2 Å². The Labute approximate surface area is 155 Å². The van der Waals surface area contributed by atoms with Crippen LogP contribution in [0.3, 0.4) is 0 Å². The molecule has 0 spiro atoms. The maximum Gasteiger partial charge on any atom is 0.454 e. The summed E-state index contributed by atoms with van der Waals surface area (Å²) in [6, 6.07) is 8.60. The average molecular weight is 400 g/mol. The number of hydrogen-bond donors (Lipinski definition) is 0. The largest absolute Gasteiger partial charge is 0.454 e. The molecule has 0 aliphatic rings. The van der Waals surface area contributed by atoms with Gasteiger partial charge in [0.25, 0.3) is 5.78 Å². The summed E-state index contributed by atoms with van der Waals surface area (Å²) in [7, 11) is 0. The van der Waals surface area contributed by atoms with E-state index < -0.39 is 23.3 Å². The number of benzene rings is 1. The zero-order valence-electron chi connectivity index (χ0n) is 13.2. The van der Waals surface area contributed by atoms with Gasteiger partial charge in [0.1, 0.15) is 0 Å². The second-order valence-electron chi connectivity index (χ2n) is 5.58. The summed E-state index contributed by atoms with van der Waals surface area (Å²) in [5.41, 5.74) is -0.590. The summed E-state index contributed by atoms with van der Waals surface area (Å²) < 4.78 is 40.3. The Morgan fingerprint density at radius 2 is 1.77 bits per heavy atom. The van der Waals surface area contributed by atoms with E-state index in [0.29, 0.717) is 5.02 Å². The van der Waals surface area contributed by atoms with E-state index in [1.807, 2.05) is 0 Å². The summed E-state index contributed by atoms with van der Waals surface area (Å²) in [5.74, 6) is -2.61. The number of ketones is 2. The first-order chi connectivity index (χ1) is 12.1. The predicted molar refractivity (Wildman–Crippen MR) is 92.4 cm³/mol. The van der Waals surface area contributed by atoms with Crippen LogP contribution in [-0.4, -0.2) is 22.1 Å². The van der Waals surface area contributed by atoms with E-state index in [-0.39, 0.29) is 27.4 Å². The summed E-state index contributed by atoms with van der Waals surface area (Å²) in [5, 5.41) is 0.382. The van der Waals surface area contributed by atoms with Crippen LogP contribution in [0, 0.1) is 6.92 Å². The standard InChI is InChI=1S/C18H10Cl2F3NO2/c1-9-14(17(26)18(21,22)23)13-4-2-3-7-24(13)15(9)16(25)11-6-5-10(19)8-12(11)20/h2-8H,1H3. The number of halogens is 5. The third-order valence-corrected chi connectivity index (χ3v) is 4.51. The van der Waals surface area contributed by atoms with Gasteiger partial charge in [-0.25, -0.2) is 0 Å². The molecule has 2 heterocycles. The normalized spacial score (nSPS) is 11.8. The number of pyridine rings is 1. The number of hydrogen-bond acceptors (Lipinski definition) is 2. The molecule has 0 bridgehead atoms. The van der Waals surface area contributed by atoms with Gasteiger partial charge in [-0.1, -0.05) is 29.3 Å². The van der Waals surface area contributed by atoms with E-state index in [2.05, 4.69) is 0 Å². The van der Waals surface area contributed by atoms with Crippen molar-refractivity contribution in [2.45, 2.75) is 13.1 Å². The molecule has 3 rings (SSSR count). The van der Waals surface area contributed by atoms with E-state index in [1.165, 1.54) is 47.9 Å². The molecular formula is C18H10Cl2F3NO2. The van der Waals surface area contributed by atoms with Crippen molar-refractivity contribution in [3.05, 3.63) is 75.0 Å². The molecule has 2 aromatic heterocycles. The average Bonchev–Trinajstić information content (AvgIpc) is 2.84. The van der Waals surface area contributed by atoms with Crippen LogP contribution in [0.25, 0.3) is 5.52 Å². The lowest BCUT2D eigenvalue weighted by atomic mass is 10.0. The van der Waals surface area contributed by atoms with Gasteiger partial charge in [0.15, 0.2) is 0 Å². The second kappa shape index (κ2) is 6.45. The van der Waals surface area contributed by atoms with Crippen LogP contribution < -0.4 is 0 Å². The maximum absolute atomic E-state index is 13.0. The van der Waals surface area contributed by atoms with E-state index in [9.17, 15) is 22.8 Å². The highest BCUT2D eigenvalue weighted by molar-refractivity contribution is 6.37. The number of fused-ring (bicyclic) bond motifs is 1. The van der Waals surface area contributed by atoms with Gasteiger partial charge in [-0.05, 0) is 42.8 Å². The van der Waals surface area contributed by atoms with Crippen LogP contribution in [0.5, 0.6) is 0 Å². The molecule has 0 unspecified atom stereocenters. The summed E-state index contributed by atoms with van der Waals surface area (Å²) in [4.78, 5) is 24.8. The third-order valence-electron chi connectivity index (χ3n) is 3.96. The first kappa shape index (κ1) is 18.5. The van der Waals surface area contributed by atoms with Crippen LogP contribution in [0.4, 0.5) is 13.2 Å². The summed E-state index contributed by atoms with van der Waals surface area (Å²) >= 11 is 11.9. The van der Waals surface area contributed by atoms with E-state index >= 15 is 0 Å². The van der Waals surface area contributed by atoms with Crippen molar-refractivity contribution < 1.29 is 22.8 Å². The molecule has 1 aromatic carbocycles. The fraction of sp³-hybridized carbons (Fsp3) is 0.111. The van der Waals surface area contributed by atoms with Crippen molar-refractivity contribution in [1.82, 2.24) is 4.40 Å². The molecule has 134 valence electrons. The Kier molecular flexibility index (Phi) is 4.58. The number of carbonyl (C=O) groups is 2. The molecule has 0 saturated heterocycles. The van der Waals surface area contributed by atoms with Crippen LogP contribution in [0.1, 0.15) is 32.0 Å². The van der Waals surface area contributed by atoms with Crippen LogP contribution in [0.2, 0.25) is 10.0 Å². The van der Waals surface area contributed by atoms with Crippen molar-refractivity contribution in [2.24, 2.45) is 0 Å². The van der Waals surface area contributed by atoms with Crippen LogP contribution in [0.15, 0.2) is 42.6 Å². The van der Waals surface area contributed by atoms with Gasteiger partial charge in [0.2, 0.25) is 5.78 Å². The lowest BCUT2D eigenvalue weighted by Crippen LogP contribution is -2.23. The number of alkyl halides is 3. The van der Waals surface area contributed by atoms with Gasteiger partial charge >= 0.3 is 6.18 Å². The molecule has 26 heavy (non-hydrogen) atoms. The van der Waals surface area contributed by atoms with Gasteiger partial charge in [-0.3, -0.25) is 9.59 Å². The molecule has 8 heteroatoms. The van der Waals surface area contributed by atoms with Crippen molar-refractivity contribution in [1.29, 1.82) is 0 Å². The van der Waals surface area contributed by atoms with Gasteiger partial charge in [0, 0.05) is 16.8 Å². The summed E-state index contributed by atoms with van der Waals surface area (Å²) in [6.45, 7) is 1.31. The van der Waals surface area contributed by atoms with E-state index in [4.69, 9.17) is 23.2 Å². The Balaban J connectivity index is 2.29. The Hall–Kier alpha value is -2.31. The van der Waals surface area contributed by atoms with Gasteiger partial charge in [0.05, 0.1) is 21.8 Å². The quantitative estimate of drug-likeness (QED) is 0.543. The highest BCUT2D eigenvalue weighted by Crippen LogP contribution is 2.32. The molecule has 0 amide bonds. The molecule has 3 nitrogen and oxygen atoms in total. The number of aromatic nitrogens is 1. The Morgan fingerprint density at radius 1 is 1.08 bits per heavy atom. The van der Waals surface area contributed by atoms with Gasteiger partial charge < -0.3 is 4.40 Å². The first-order valence-electron chi connectivity index (χ1n) is 7.34.